The number of piperidine rings is 1. The molecular weight excluding hydrogens is 304 g/mol. The van der Waals surface area contributed by atoms with Crippen molar-refractivity contribution in [2.75, 3.05) is 36.4 Å². The number of amides is 3. The van der Waals surface area contributed by atoms with Crippen molar-refractivity contribution in [1.82, 2.24) is 10.6 Å². The van der Waals surface area contributed by atoms with Gasteiger partial charge in [-0.25, -0.2) is 4.79 Å². The van der Waals surface area contributed by atoms with E-state index in [4.69, 9.17) is 0 Å². The number of hydrogen-bond acceptors (Lipinski definition) is 3. The molecule has 2 aliphatic rings. The zero-order chi connectivity index (χ0) is 16.8. The highest BCUT2D eigenvalue weighted by Crippen LogP contribution is 2.22. The second-order valence-corrected chi connectivity index (χ2v) is 6.57. The fraction of sp³-hybridized carbons (Fsp3) is 0.556. The van der Waals surface area contributed by atoms with Crippen LogP contribution in [0.4, 0.5) is 16.2 Å². The summed E-state index contributed by atoms with van der Waals surface area (Å²) in [5, 5.41) is 9.15. The number of anilines is 2. The SMILES string of the molecule is O=C(CCC1CCNCC1)Nc1cccc(N2CCCNC2=O)c1. The molecular formula is C18H26N4O2. The van der Waals surface area contributed by atoms with E-state index in [1.165, 1.54) is 0 Å². The molecule has 2 aliphatic heterocycles. The maximum absolute atomic E-state index is 12.2. The molecule has 0 spiro atoms. The Hall–Kier alpha value is -2.08. The summed E-state index contributed by atoms with van der Waals surface area (Å²) in [4.78, 5) is 25.8. The van der Waals surface area contributed by atoms with E-state index in [0.717, 1.165) is 56.7 Å². The lowest BCUT2D eigenvalue weighted by molar-refractivity contribution is -0.116. The Balaban J connectivity index is 1.53. The molecule has 2 fully saturated rings. The smallest absolute Gasteiger partial charge is 0.321 e. The van der Waals surface area contributed by atoms with Crippen molar-refractivity contribution < 1.29 is 9.59 Å². The van der Waals surface area contributed by atoms with Gasteiger partial charge in [0.15, 0.2) is 0 Å². The molecule has 1 aromatic carbocycles. The van der Waals surface area contributed by atoms with Gasteiger partial charge in [0.25, 0.3) is 0 Å². The third-order valence-electron chi connectivity index (χ3n) is 4.76. The van der Waals surface area contributed by atoms with E-state index in [-0.39, 0.29) is 11.9 Å². The van der Waals surface area contributed by atoms with Crippen LogP contribution in [0.2, 0.25) is 0 Å². The van der Waals surface area contributed by atoms with Crippen LogP contribution in [0.3, 0.4) is 0 Å². The van der Waals surface area contributed by atoms with E-state index in [1.54, 1.807) is 4.90 Å². The van der Waals surface area contributed by atoms with E-state index < -0.39 is 0 Å². The summed E-state index contributed by atoms with van der Waals surface area (Å²) >= 11 is 0. The molecule has 0 radical (unpaired) electrons. The molecule has 0 saturated carbocycles. The van der Waals surface area contributed by atoms with Gasteiger partial charge in [0.1, 0.15) is 0 Å². The van der Waals surface area contributed by atoms with E-state index in [2.05, 4.69) is 16.0 Å². The zero-order valence-electron chi connectivity index (χ0n) is 14.0. The van der Waals surface area contributed by atoms with Gasteiger partial charge in [-0.2, -0.15) is 0 Å². The quantitative estimate of drug-likeness (QED) is 0.776. The van der Waals surface area contributed by atoms with Crippen LogP contribution in [0.1, 0.15) is 32.1 Å². The zero-order valence-corrected chi connectivity index (χ0v) is 14.0. The maximum atomic E-state index is 12.2. The van der Waals surface area contributed by atoms with Gasteiger partial charge in [0, 0.05) is 30.9 Å². The molecule has 1 aromatic rings. The van der Waals surface area contributed by atoms with Crippen LogP contribution in [0.15, 0.2) is 24.3 Å². The van der Waals surface area contributed by atoms with Crippen LogP contribution in [0.5, 0.6) is 0 Å². The summed E-state index contributed by atoms with van der Waals surface area (Å²) in [6.07, 6.45) is 4.75. The molecule has 0 aromatic heterocycles. The highest BCUT2D eigenvalue weighted by molar-refractivity contribution is 5.95. The highest BCUT2D eigenvalue weighted by atomic mass is 16.2. The van der Waals surface area contributed by atoms with E-state index in [9.17, 15) is 9.59 Å². The van der Waals surface area contributed by atoms with Crippen molar-refractivity contribution in [1.29, 1.82) is 0 Å². The van der Waals surface area contributed by atoms with Crippen molar-refractivity contribution >= 4 is 23.3 Å². The molecule has 2 heterocycles. The topological polar surface area (TPSA) is 73.5 Å². The van der Waals surface area contributed by atoms with Gasteiger partial charge in [-0.3, -0.25) is 9.69 Å². The van der Waals surface area contributed by atoms with Crippen molar-refractivity contribution in [2.24, 2.45) is 5.92 Å². The molecule has 0 unspecified atom stereocenters. The summed E-state index contributed by atoms with van der Waals surface area (Å²) in [7, 11) is 0. The second kappa shape index (κ2) is 8.15. The molecule has 3 N–H and O–H groups in total. The van der Waals surface area contributed by atoms with Crippen LogP contribution in [0, 0.1) is 5.92 Å². The largest absolute Gasteiger partial charge is 0.338 e. The first kappa shape index (κ1) is 16.8. The summed E-state index contributed by atoms with van der Waals surface area (Å²) < 4.78 is 0. The minimum atomic E-state index is -0.0735. The molecule has 6 nitrogen and oxygen atoms in total. The molecule has 2 saturated heterocycles. The van der Waals surface area contributed by atoms with E-state index in [0.29, 0.717) is 18.9 Å². The van der Waals surface area contributed by atoms with Crippen LogP contribution in [-0.2, 0) is 4.79 Å². The molecule has 130 valence electrons. The first-order valence-corrected chi connectivity index (χ1v) is 8.88. The summed E-state index contributed by atoms with van der Waals surface area (Å²) in [6, 6.07) is 7.44. The van der Waals surface area contributed by atoms with Crippen molar-refractivity contribution in [3.63, 3.8) is 0 Å². The molecule has 3 amide bonds. The van der Waals surface area contributed by atoms with Crippen LogP contribution >= 0.6 is 0 Å². The van der Waals surface area contributed by atoms with E-state index >= 15 is 0 Å². The standard InChI is InChI=1S/C18H26N4O2/c23-17(6-5-14-7-10-19-11-8-14)21-15-3-1-4-16(13-15)22-12-2-9-20-18(22)24/h1,3-4,13-14,19H,2,5-12H2,(H,20,24)(H,21,23). The molecule has 24 heavy (non-hydrogen) atoms. The lowest BCUT2D eigenvalue weighted by Crippen LogP contribution is -2.46. The van der Waals surface area contributed by atoms with Crippen LogP contribution in [0.25, 0.3) is 0 Å². The highest BCUT2D eigenvalue weighted by Gasteiger charge is 2.19. The second-order valence-electron chi connectivity index (χ2n) is 6.57. The normalized spacial score (nSPS) is 19.0. The average molecular weight is 330 g/mol. The van der Waals surface area contributed by atoms with Gasteiger partial charge in [0.05, 0.1) is 0 Å². The van der Waals surface area contributed by atoms with Crippen LogP contribution < -0.4 is 20.9 Å². The van der Waals surface area contributed by atoms with Crippen LogP contribution in [-0.4, -0.2) is 38.1 Å². The van der Waals surface area contributed by atoms with Gasteiger partial charge in [-0.05, 0) is 62.9 Å². The third-order valence-corrected chi connectivity index (χ3v) is 4.76. The summed E-state index contributed by atoms with van der Waals surface area (Å²) in [6.45, 7) is 3.56. The van der Waals surface area contributed by atoms with Gasteiger partial charge < -0.3 is 16.0 Å². The molecule has 0 bridgehead atoms. The third kappa shape index (κ3) is 4.47. The number of hydrogen-bond donors (Lipinski definition) is 3. The Morgan fingerprint density at radius 2 is 2.08 bits per heavy atom. The predicted octanol–water partition coefficient (Wildman–Crippen LogP) is 2.32. The Kier molecular flexibility index (Phi) is 5.69. The Morgan fingerprint density at radius 1 is 1.25 bits per heavy atom. The number of urea groups is 1. The molecule has 0 atom stereocenters. The number of benzene rings is 1. The van der Waals surface area contributed by atoms with Crippen molar-refractivity contribution in [3.8, 4) is 0 Å². The average Bonchev–Trinajstić information content (AvgIpc) is 2.61. The van der Waals surface area contributed by atoms with Gasteiger partial charge in [-0.15, -0.1) is 0 Å². The van der Waals surface area contributed by atoms with Gasteiger partial charge in [0.2, 0.25) is 5.91 Å². The minimum Gasteiger partial charge on any atom is -0.338 e. The summed E-state index contributed by atoms with van der Waals surface area (Å²) in [5.74, 6) is 0.703. The molecule has 3 rings (SSSR count). The summed E-state index contributed by atoms with van der Waals surface area (Å²) in [5.41, 5.74) is 1.57. The predicted molar refractivity (Wildman–Crippen MR) is 95.3 cm³/mol. The number of nitrogens with zero attached hydrogens (tertiary/aromatic N) is 1. The fourth-order valence-corrected chi connectivity index (χ4v) is 3.36. The molecule has 0 aliphatic carbocycles. The maximum Gasteiger partial charge on any atom is 0.321 e. The first-order valence-electron chi connectivity index (χ1n) is 8.88. The van der Waals surface area contributed by atoms with E-state index in [1.807, 2.05) is 24.3 Å². The Morgan fingerprint density at radius 3 is 2.88 bits per heavy atom. The number of carbonyl (C=O) groups excluding carboxylic acids is 2. The molecule has 6 heteroatoms. The monoisotopic (exact) mass is 330 g/mol. The lowest BCUT2D eigenvalue weighted by Gasteiger charge is -2.27. The number of rotatable bonds is 5. The van der Waals surface area contributed by atoms with Gasteiger partial charge in [-0.1, -0.05) is 6.07 Å². The fourth-order valence-electron chi connectivity index (χ4n) is 3.36. The number of nitrogens with one attached hydrogen (secondary N) is 3. The van der Waals surface area contributed by atoms with Crippen molar-refractivity contribution in [2.45, 2.75) is 32.1 Å². The number of carbonyl (C=O) groups is 2. The van der Waals surface area contributed by atoms with Gasteiger partial charge >= 0.3 is 6.03 Å². The lowest BCUT2D eigenvalue weighted by atomic mass is 9.93. The first-order chi connectivity index (χ1) is 11.7. The minimum absolute atomic E-state index is 0.0498. The van der Waals surface area contributed by atoms with Crippen molar-refractivity contribution in [3.05, 3.63) is 24.3 Å². The Bertz CT molecular complexity index is 584. The Labute approximate surface area is 143 Å².